The quantitative estimate of drug-likeness (QED) is 0.640. The molecule has 0 spiro atoms. The summed E-state index contributed by atoms with van der Waals surface area (Å²) in [5.41, 5.74) is 3.24. The monoisotopic (exact) mass is 359 g/mol. The van der Waals surface area contributed by atoms with Gasteiger partial charge in [0.1, 0.15) is 5.75 Å². The molecule has 0 atom stereocenters. The van der Waals surface area contributed by atoms with E-state index in [0.717, 1.165) is 29.5 Å². The highest BCUT2D eigenvalue weighted by molar-refractivity contribution is 5.89. The van der Waals surface area contributed by atoms with Crippen LogP contribution >= 0.6 is 0 Å². The van der Waals surface area contributed by atoms with Gasteiger partial charge in [0.05, 0.1) is 16.8 Å². The van der Waals surface area contributed by atoms with Crippen LogP contribution in [0.1, 0.15) is 36.4 Å². The molecule has 134 valence electrons. The molecule has 1 fully saturated rings. The molecule has 0 aliphatic heterocycles. The van der Waals surface area contributed by atoms with Crippen molar-refractivity contribution >= 4 is 17.1 Å². The van der Waals surface area contributed by atoms with Gasteiger partial charge in [-0.2, -0.15) is 5.10 Å². The molecule has 1 aliphatic carbocycles. The number of fused-ring (bicyclic) bond motifs is 1. The lowest BCUT2D eigenvalue weighted by atomic mass is 9.81. The van der Waals surface area contributed by atoms with E-state index in [1.54, 1.807) is 29.1 Å². The Balaban J connectivity index is 1.80. The normalized spacial score (nSPS) is 15.0. The molecule has 4 rings (SSSR count). The van der Waals surface area contributed by atoms with Crippen LogP contribution < -0.4 is 4.74 Å². The predicted octanol–water partition coefficient (Wildman–Crippen LogP) is 5.23. The van der Waals surface area contributed by atoms with Crippen LogP contribution in [0.25, 0.3) is 22.8 Å². The maximum atomic E-state index is 12.3. The molecule has 0 unspecified atom stereocenters. The molecule has 1 aliphatic rings. The molecule has 0 amide bonds. The number of ether oxygens (including phenoxy) is 1. The van der Waals surface area contributed by atoms with E-state index < -0.39 is 6.36 Å². The number of halogens is 3. The van der Waals surface area contributed by atoms with Crippen molar-refractivity contribution in [3.8, 4) is 11.4 Å². The summed E-state index contributed by atoms with van der Waals surface area (Å²) in [4.78, 5) is 4.45. The van der Waals surface area contributed by atoms with E-state index in [4.69, 9.17) is 5.10 Å². The molecule has 2 heterocycles. The molecule has 0 N–H and O–H groups in total. The fourth-order valence-electron chi connectivity index (χ4n) is 3.20. The Morgan fingerprint density at radius 3 is 2.46 bits per heavy atom. The lowest BCUT2D eigenvalue weighted by Crippen LogP contribution is -2.17. The van der Waals surface area contributed by atoms with Crippen molar-refractivity contribution in [1.82, 2.24) is 14.8 Å². The van der Waals surface area contributed by atoms with Crippen LogP contribution in [0.3, 0.4) is 0 Å². The minimum atomic E-state index is -4.71. The minimum absolute atomic E-state index is 0.267. The summed E-state index contributed by atoms with van der Waals surface area (Å²) in [6, 6.07) is 7.53. The lowest BCUT2D eigenvalue weighted by molar-refractivity contribution is -0.274. The van der Waals surface area contributed by atoms with Gasteiger partial charge in [-0.15, -0.1) is 13.2 Å². The van der Waals surface area contributed by atoms with Gasteiger partial charge in [0.2, 0.25) is 0 Å². The molecular formula is C19H16F3N3O. The molecule has 1 aromatic carbocycles. The molecule has 1 saturated carbocycles. The third kappa shape index (κ3) is 2.94. The molecule has 0 saturated heterocycles. The second kappa shape index (κ2) is 6.16. The van der Waals surface area contributed by atoms with Crippen LogP contribution in [0, 0.1) is 0 Å². The van der Waals surface area contributed by atoms with Crippen LogP contribution in [-0.2, 0) is 0 Å². The molecular weight excluding hydrogens is 343 g/mol. The number of rotatable bonds is 4. The first-order chi connectivity index (χ1) is 12.5. The summed E-state index contributed by atoms with van der Waals surface area (Å²) in [5.74, 6) is 0.117. The van der Waals surface area contributed by atoms with Crippen LogP contribution in [0.2, 0.25) is 0 Å². The number of benzene rings is 1. The van der Waals surface area contributed by atoms with Gasteiger partial charge in [-0.05, 0) is 48.7 Å². The molecule has 26 heavy (non-hydrogen) atoms. The first-order valence-electron chi connectivity index (χ1n) is 8.32. The topological polar surface area (TPSA) is 39.9 Å². The van der Waals surface area contributed by atoms with Crippen LogP contribution in [0.15, 0.2) is 43.1 Å². The summed E-state index contributed by atoms with van der Waals surface area (Å²) in [6.45, 7) is 3.87. The van der Waals surface area contributed by atoms with Gasteiger partial charge < -0.3 is 4.74 Å². The molecule has 2 aromatic heterocycles. The zero-order valence-electron chi connectivity index (χ0n) is 13.8. The van der Waals surface area contributed by atoms with Crippen LogP contribution in [0.5, 0.6) is 5.75 Å². The Kier molecular flexibility index (Phi) is 3.94. The summed E-state index contributed by atoms with van der Waals surface area (Å²) in [7, 11) is 0. The summed E-state index contributed by atoms with van der Waals surface area (Å²) < 4.78 is 42.6. The Morgan fingerprint density at radius 2 is 1.88 bits per heavy atom. The van der Waals surface area contributed by atoms with Gasteiger partial charge in [0.15, 0.2) is 5.65 Å². The fraction of sp³-hybridized carbons (Fsp3) is 0.263. The van der Waals surface area contributed by atoms with Crippen molar-refractivity contribution in [3.63, 3.8) is 0 Å². The number of hydrogen-bond donors (Lipinski definition) is 0. The van der Waals surface area contributed by atoms with Crippen molar-refractivity contribution in [2.24, 2.45) is 0 Å². The molecule has 7 heteroatoms. The van der Waals surface area contributed by atoms with Crippen LogP contribution in [0.4, 0.5) is 13.2 Å². The van der Waals surface area contributed by atoms with Gasteiger partial charge in [-0.25, -0.2) is 9.67 Å². The maximum Gasteiger partial charge on any atom is 0.573 e. The molecule has 3 aromatic rings. The third-order valence-corrected chi connectivity index (χ3v) is 4.65. The average molecular weight is 359 g/mol. The number of aromatic nitrogens is 3. The van der Waals surface area contributed by atoms with E-state index in [0.29, 0.717) is 17.3 Å². The lowest BCUT2D eigenvalue weighted by Gasteiger charge is -2.23. The Labute approximate surface area is 147 Å². The highest BCUT2D eigenvalue weighted by atomic mass is 19.4. The second-order valence-electron chi connectivity index (χ2n) is 6.27. The van der Waals surface area contributed by atoms with Crippen LogP contribution in [-0.4, -0.2) is 21.1 Å². The highest BCUT2D eigenvalue weighted by Gasteiger charge is 2.31. The number of pyridine rings is 1. The largest absolute Gasteiger partial charge is 0.573 e. The van der Waals surface area contributed by atoms with Gasteiger partial charge in [-0.1, -0.05) is 19.1 Å². The van der Waals surface area contributed by atoms with Crippen molar-refractivity contribution in [2.45, 2.75) is 31.5 Å². The third-order valence-electron chi connectivity index (χ3n) is 4.65. The Morgan fingerprint density at radius 1 is 1.15 bits per heavy atom. The van der Waals surface area contributed by atoms with Gasteiger partial charge >= 0.3 is 6.36 Å². The van der Waals surface area contributed by atoms with Crippen molar-refractivity contribution in [2.75, 3.05) is 0 Å². The van der Waals surface area contributed by atoms with E-state index in [-0.39, 0.29) is 5.75 Å². The second-order valence-corrected chi connectivity index (χ2v) is 6.27. The summed E-state index contributed by atoms with van der Waals surface area (Å²) >= 11 is 0. The predicted molar refractivity (Wildman–Crippen MR) is 92.2 cm³/mol. The average Bonchev–Trinajstić information content (AvgIpc) is 2.92. The zero-order chi connectivity index (χ0) is 18.3. The summed E-state index contributed by atoms with van der Waals surface area (Å²) in [5, 5.41) is 5.70. The van der Waals surface area contributed by atoms with E-state index >= 15 is 0 Å². The number of alkyl halides is 3. The first-order valence-corrected chi connectivity index (χ1v) is 8.32. The van der Waals surface area contributed by atoms with Gasteiger partial charge in [-0.3, -0.25) is 0 Å². The van der Waals surface area contributed by atoms with E-state index in [9.17, 15) is 13.2 Å². The minimum Gasteiger partial charge on any atom is -0.406 e. The van der Waals surface area contributed by atoms with Crippen molar-refractivity contribution in [1.29, 1.82) is 0 Å². The van der Waals surface area contributed by atoms with Crippen molar-refractivity contribution in [3.05, 3.63) is 54.4 Å². The fourth-order valence-corrected chi connectivity index (χ4v) is 3.20. The standard InChI is InChI=1S/C19H16F3N3O/c1-2-12-10-11-23-18-16(12)17(13-4-3-5-13)24-25(18)14-6-8-15(9-7-14)26-19(20,21)22/h2,6-11,13H,1,3-5H2. The SMILES string of the molecule is C=Cc1ccnc2c1c(C1CCC1)nn2-c1ccc(OC(F)(F)F)cc1. The highest BCUT2D eigenvalue weighted by Crippen LogP contribution is 2.40. The molecule has 4 nitrogen and oxygen atoms in total. The van der Waals surface area contributed by atoms with E-state index in [1.807, 2.05) is 6.07 Å². The number of nitrogens with zero attached hydrogens (tertiary/aromatic N) is 3. The van der Waals surface area contributed by atoms with Crippen molar-refractivity contribution < 1.29 is 17.9 Å². The Bertz CT molecular complexity index is 957. The van der Waals surface area contributed by atoms with Gasteiger partial charge in [0, 0.05) is 12.1 Å². The smallest absolute Gasteiger partial charge is 0.406 e. The first kappa shape index (κ1) is 16.6. The maximum absolute atomic E-state index is 12.3. The Hall–Kier alpha value is -2.83. The molecule has 0 radical (unpaired) electrons. The summed E-state index contributed by atoms with van der Waals surface area (Å²) in [6.07, 6.45) is 2.08. The number of hydrogen-bond acceptors (Lipinski definition) is 3. The van der Waals surface area contributed by atoms with E-state index in [1.165, 1.54) is 18.6 Å². The molecule has 0 bridgehead atoms. The van der Waals surface area contributed by atoms with Gasteiger partial charge in [0.25, 0.3) is 0 Å². The van der Waals surface area contributed by atoms with E-state index in [2.05, 4.69) is 16.3 Å². The zero-order valence-corrected chi connectivity index (χ0v) is 13.8.